The van der Waals surface area contributed by atoms with Crippen molar-refractivity contribution in [3.8, 4) is 11.8 Å². The summed E-state index contributed by atoms with van der Waals surface area (Å²) in [6.45, 7) is 4.03. The highest BCUT2D eigenvalue weighted by atomic mass is 32.2. The minimum Gasteiger partial charge on any atom is -0.160 e. The molecule has 0 aliphatic heterocycles. The maximum atomic E-state index is 12.5. The molecular weight excluding hydrogens is 269 g/mol. The molecule has 104 valence electrons. The molecule has 0 aliphatic carbocycles. The van der Waals surface area contributed by atoms with Crippen molar-refractivity contribution in [2.45, 2.75) is 49.9 Å². The van der Waals surface area contributed by atoms with Gasteiger partial charge in [-0.05, 0) is 42.3 Å². The molecule has 19 heavy (non-hydrogen) atoms. The van der Waals surface area contributed by atoms with E-state index >= 15 is 0 Å². The van der Waals surface area contributed by atoms with Gasteiger partial charge in [-0.15, -0.1) is 0 Å². The normalized spacial score (nSPS) is 11.0. The molecule has 1 aromatic carbocycles. The van der Waals surface area contributed by atoms with Crippen molar-refractivity contribution in [1.29, 1.82) is 0 Å². The van der Waals surface area contributed by atoms with E-state index in [2.05, 4.69) is 18.8 Å². The van der Waals surface area contributed by atoms with Crippen LogP contribution in [0, 0.1) is 11.8 Å². The molecule has 0 saturated carbocycles. The second-order valence-corrected chi connectivity index (χ2v) is 5.24. The van der Waals surface area contributed by atoms with Crippen molar-refractivity contribution in [2.75, 3.05) is 0 Å². The van der Waals surface area contributed by atoms with Crippen LogP contribution in [0.2, 0.25) is 0 Å². The fraction of sp³-hybridized carbons (Fsp3) is 0.467. The van der Waals surface area contributed by atoms with Gasteiger partial charge < -0.3 is 0 Å². The molecule has 0 N–H and O–H groups in total. The van der Waals surface area contributed by atoms with Gasteiger partial charge in [0, 0.05) is 16.9 Å². The highest BCUT2D eigenvalue weighted by Crippen LogP contribution is 2.38. The van der Waals surface area contributed by atoms with Gasteiger partial charge in [-0.2, -0.15) is 13.2 Å². The Hall–Kier alpha value is -1.08. The van der Waals surface area contributed by atoms with Gasteiger partial charge in [0.25, 0.3) is 0 Å². The summed E-state index contributed by atoms with van der Waals surface area (Å²) in [6, 6.07) is 5.00. The number of hydrogen-bond donors (Lipinski definition) is 0. The van der Waals surface area contributed by atoms with Crippen LogP contribution in [0.5, 0.6) is 0 Å². The van der Waals surface area contributed by atoms with Crippen LogP contribution in [-0.4, -0.2) is 5.51 Å². The van der Waals surface area contributed by atoms with Crippen molar-refractivity contribution in [3.63, 3.8) is 0 Å². The summed E-state index contributed by atoms with van der Waals surface area (Å²) in [5.74, 6) is 5.82. The highest BCUT2D eigenvalue weighted by molar-refractivity contribution is 8.00. The zero-order valence-electron chi connectivity index (χ0n) is 11.1. The molecule has 0 unspecified atom stereocenters. The van der Waals surface area contributed by atoms with Crippen LogP contribution in [0.1, 0.15) is 44.2 Å². The van der Waals surface area contributed by atoms with Crippen molar-refractivity contribution < 1.29 is 13.2 Å². The van der Waals surface area contributed by atoms with E-state index < -0.39 is 5.51 Å². The first kappa shape index (κ1) is 16.0. The van der Waals surface area contributed by atoms with E-state index in [0.717, 1.165) is 31.2 Å². The minimum absolute atomic E-state index is 0.0922. The lowest BCUT2D eigenvalue weighted by Crippen LogP contribution is -2.00. The quantitative estimate of drug-likeness (QED) is 0.405. The van der Waals surface area contributed by atoms with Crippen LogP contribution < -0.4 is 0 Å². The summed E-state index contributed by atoms with van der Waals surface area (Å²) in [5, 5.41) is 0. The first-order chi connectivity index (χ1) is 8.96. The molecule has 0 bridgehead atoms. The third-order valence-electron chi connectivity index (χ3n) is 2.56. The number of alkyl halides is 3. The van der Waals surface area contributed by atoms with Crippen LogP contribution >= 0.6 is 11.8 Å². The van der Waals surface area contributed by atoms with Crippen molar-refractivity contribution in [1.82, 2.24) is 0 Å². The average molecular weight is 286 g/mol. The number of halogens is 3. The molecular formula is C15H17F3S. The number of rotatable bonds is 4. The summed E-state index contributed by atoms with van der Waals surface area (Å²) < 4.78 is 37.4. The van der Waals surface area contributed by atoms with Gasteiger partial charge in [-0.25, -0.2) is 0 Å². The SMILES string of the molecule is CCCCC#Cc1cc(CC)ccc1SC(F)(F)F. The lowest BCUT2D eigenvalue weighted by molar-refractivity contribution is -0.0328. The fourth-order valence-corrected chi connectivity index (χ4v) is 2.14. The lowest BCUT2D eigenvalue weighted by Gasteiger charge is -2.09. The van der Waals surface area contributed by atoms with Crippen LogP contribution in [0.4, 0.5) is 13.2 Å². The molecule has 0 spiro atoms. The Bertz CT molecular complexity index is 467. The van der Waals surface area contributed by atoms with Gasteiger partial charge >= 0.3 is 5.51 Å². The van der Waals surface area contributed by atoms with Crippen molar-refractivity contribution in [2.24, 2.45) is 0 Å². The van der Waals surface area contributed by atoms with Crippen molar-refractivity contribution >= 4 is 11.8 Å². The Morgan fingerprint density at radius 1 is 1.21 bits per heavy atom. The summed E-state index contributed by atoms with van der Waals surface area (Å²) in [4.78, 5) is 0.189. The molecule has 0 nitrogen and oxygen atoms in total. The molecule has 1 rings (SSSR count). The Balaban J connectivity index is 2.98. The van der Waals surface area contributed by atoms with Crippen LogP contribution in [0.3, 0.4) is 0 Å². The second-order valence-electron chi connectivity index (χ2n) is 4.14. The largest absolute Gasteiger partial charge is 0.446 e. The monoisotopic (exact) mass is 286 g/mol. The van der Waals surface area contributed by atoms with E-state index in [1.165, 1.54) is 6.07 Å². The topological polar surface area (TPSA) is 0 Å². The molecule has 0 aromatic heterocycles. The number of thioether (sulfide) groups is 1. The van der Waals surface area contributed by atoms with E-state index in [4.69, 9.17) is 0 Å². The summed E-state index contributed by atoms with van der Waals surface area (Å²) in [6.07, 6.45) is 3.53. The summed E-state index contributed by atoms with van der Waals surface area (Å²) >= 11 is -0.0922. The number of aryl methyl sites for hydroxylation is 1. The van der Waals surface area contributed by atoms with Crippen LogP contribution in [-0.2, 0) is 6.42 Å². The first-order valence-electron chi connectivity index (χ1n) is 6.33. The van der Waals surface area contributed by atoms with Gasteiger partial charge in [-0.1, -0.05) is 38.2 Å². The maximum absolute atomic E-state index is 12.5. The van der Waals surface area contributed by atoms with E-state index in [9.17, 15) is 13.2 Å². The second kappa shape index (κ2) is 7.49. The van der Waals surface area contributed by atoms with E-state index in [1.807, 2.05) is 6.92 Å². The van der Waals surface area contributed by atoms with Gasteiger partial charge in [0.05, 0.1) is 0 Å². The molecule has 0 saturated heterocycles. The molecule has 0 atom stereocenters. The zero-order valence-corrected chi connectivity index (χ0v) is 11.9. The van der Waals surface area contributed by atoms with Gasteiger partial charge in [0.15, 0.2) is 0 Å². The molecule has 4 heteroatoms. The van der Waals surface area contributed by atoms with Crippen molar-refractivity contribution in [3.05, 3.63) is 29.3 Å². The maximum Gasteiger partial charge on any atom is 0.446 e. The third-order valence-corrected chi connectivity index (χ3v) is 3.36. The van der Waals surface area contributed by atoms with Crippen LogP contribution in [0.25, 0.3) is 0 Å². The standard InChI is InChI=1S/C15H17F3S/c1-3-5-6-7-8-13-11-12(4-2)9-10-14(13)19-15(16,17)18/h9-11H,3-6H2,1-2H3. The molecule has 0 aliphatic rings. The summed E-state index contributed by atoms with van der Waals surface area (Å²) in [7, 11) is 0. The Morgan fingerprint density at radius 2 is 1.95 bits per heavy atom. The Kier molecular flexibility index (Phi) is 6.30. The fourth-order valence-electron chi connectivity index (χ4n) is 1.53. The number of hydrogen-bond acceptors (Lipinski definition) is 1. The van der Waals surface area contributed by atoms with E-state index in [1.54, 1.807) is 12.1 Å². The molecule has 1 aromatic rings. The van der Waals surface area contributed by atoms with Gasteiger partial charge in [0.1, 0.15) is 0 Å². The highest BCUT2D eigenvalue weighted by Gasteiger charge is 2.30. The Labute approximate surface area is 116 Å². The summed E-state index contributed by atoms with van der Waals surface area (Å²) in [5.41, 5.74) is -2.78. The zero-order chi connectivity index (χ0) is 14.3. The number of unbranched alkanes of at least 4 members (excludes halogenated alkanes) is 2. The first-order valence-corrected chi connectivity index (χ1v) is 7.15. The predicted octanol–water partition coefficient (Wildman–Crippen LogP) is 5.40. The molecule has 0 radical (unpaired) electrons. The van der Waals surface area contributed by atoms with Crippen LogP contribution in [0.15, 0.2) is 23.1 Å². The van der Waals surface area contributed by atoms with Gasteiger partial charge in [0.2, 0.25) is 0 Å². The smallest absolute Gasteiger partial charge is 0.160 e. The molecule has 0 amide bonds. The van der Waals surface area contributed by atoms with E-state index in [0.29, 0.717) is 5.56 Å². The molecule has 0 heterocycles. The van der Waals surface area contributed by atoms with E-state index in [-0.39, 0.29) is 16.7 Å². The molecule has 0 fully saturated rings. The minimum atomic E-state index is -4.27. The van der Waals surface area contributed by atoms with Gasteiger partial charge in [-0.3, -0.25) is 0 Å². The predicted molar refractivity (Wildman–Crippen MR) is 74.1 cm³/mol. The third kappa shape index (κ3) is 6.07. The number of benzene rings is 1. The average Bonchev–Trinajstić information content (AvgIpc) is 2.34. The lowest BCUT2D eigenvalue weighted by atomic mass is 10.1. The Morgan fingerprint density at radius 3 is 2.53 bits per heavy atom.